The van der Waals surface area contributed by atoms with Crippen LogP contribution in [-0.2, 0) is 4.79 Å². The van der Waals surface area contributed by atoms with Gasteiger partial charge in [0, 0.05) is 17.4 Å². The van der Waals surface area contributed by atoms with Crippen LogP contribution in [0.4, 0.5) is 0 Å². The number of rotatable bonds is 3. The van der Waals surface area contributed by atoms with Crippen LogP contribution in [0.25, 0.3) is 0 Å². The predicted octanol–water partition coefficient (Wildman–Crippen LogP) is 5.37. The van der Waals surface area contributed by atoms with E-state index in [1.807, 2.05) is 38.1 Å². The molecule has 2 aromatic rings. The maximum absolute atomic E-state index is 12.8. The number of aliphatic carboxylic acids is 1. The van der Waals surface area contributed by atoms with Crippen LogP contribution in [-0.4, -0.2) is 16.9 Å². The van der Waals surface area contributed by atoms with E-state index in [4.69, 9.17) is 0 Å². The Hall–Kier alpha value is -2.42. The van der Waals surface area contributed by atoms with Crippen LogP contribution in [0, 0.1) is 33.6 Å². The predicted molar refractivity (Wildman–Crippen MR) is 105 cm³/mol. The number of Topliss-reactive ketones (excluding diaryl/α,β-unsaturated/α-hetero) is 1. The summed E-state index contributed by atoms with van der Waals surface area (Å²) in [5, 5.41) is 9.31. The van der Waals surface area contributed by atoms with E-state index in [0.717, 1.165) is 16.7 Å². The summed E-state index contributed by atoms with van der Waals surface area (Å²) < 4.78 is 0. The maximum Gasteiger partial charge on any atom is 0.304 e. The van der Waals surface area contributed by atoms with Crippen LogP contribution in [0.3, 0.4) is 0 Å². The first kappa shape index (κ1) is 19.9. The summed E-state index contributed by atoms with van der Waals surface area (Å²) in [6.07, 6.45) is -0.135. The van der Waals surface area contributed by atoms with Crippen molar-refractivity contribution in [1.29, 1.82) is 0 Å². The quantitative estimate of drug-likeness (QED) is 0.808. The molecule has 26 heavy (non-hydrogen) atoms. The number of carboxylic acids is 1. The largest absolute Gasteiger partial charge is 0.481 e. The molecule has 1 aliphatic carbocycles. The summed E-state index contributed by atoms with van der Waals surface area (Å²) in [5.41, 5.74) is 7.52. The van der Waals surface area contributed by atoms with Gasteiger partial charge in [-0.15, -0.1) is 0 Å². The molecular weight excluding hydrogens is 324 g/mol. The van der Waals surface area contributed by atoms with Crippen LogP contribution >= 0.6 is 0 Å². The summed E-state index contributed by atoms with van der Waals surface area (Å²) in [6.45, 7) is 12.3. The van der Waals surface area contributed by atoms with Crippen molar-refractivity contribution in [3.63, 3.8) is 0 Å². The molecule has 0 saturated carbocycles. The monoisotopic (exact) mass is 352 g/mol. The lowest BCUT2D eigenvalue weighted by molar-refractivity contribution is -0.137. The van der Waals surface area contributed by atoms with Crippen molar-refractivity contribution in [3.05, 3.63) is 69.3 Å². The Kier molecular flexibility index (Phi) is 6.01. The third kappa shape index (κ3) is 3.31. The second-order valence-electron chi connectivity index (χ2n) is 6.79. The summed E-state index contributed by atoms with van der Waals surface area (Å²) in [5.74, 6) is -1.68. The minimum atomic E-state index is -0.927. The SMILES string of the molecule is CC.Cc1cc(C2c3ccccc3C(=O)C2CC(=O)O)c(C)c(C)c1C. The van der Waals surface area contributed by atoms with Crippen molar-refractivity contribution < 1.29 is 14.7 Å². The van der Waals surface area contributed by atoms with Crippen molar-refractivity contribution >= 4 is 11.8 Å². The molecule has 0 aromatic heterocycles. The number of aryl methyl sites for hydroxylation is 1. The Morgan fingerprint density at radius 3 is 2.19 bits per heavy atom. The number of hydrogen-bond donors (Lipinski definition) is 1. The molecule has 138 valence electrons. The fourth-order valence-corrected chi connectivity index (χ4v) is 3.91. The fourth-order valence-electron chi connectivity index (χ4n) is 3.91. The number of fused-ring (bicyclic) bond motifs is 1. The van der Waals surface area contributed by atoms with E-state index < -0.39 is 11.9 Å². The van der Waals surface area contributed by atoms with Crippen molar-refractivity contribution in [2.24, 2.45) is 5.92 Å². The van der Waals surface area contributed by atoms with Crippen molar-refractivity contribution in [3.8, 4) is 0 Å². The lowest BCUT2D eigenvalue weighted by atomic mass is 9.79. The van der Waals surface area contributed by atoms with Gasteiger partial charge in [0.15, 0.2) is 5.78 Å². The number of carbonyl (C=O) groups excluding carboxylic acids is 1. The minimum absolute atomic E-state index is 0.0479. The molecule has 0 fully saturated rings. The Bertz CT molecular complexity index is 849. The first-order valence-electron chi connectivity index (χ1n) is 9.25. The van der Waals surface area contributed by atoms with E-state index in [9.17, 15) is 14.7 Å². The van der Waals surface area contributed by atoms with E-state index in [1.54, 1.807) is 0 Å². The van der Waals surface area contributed by atoms with Gasteiger partial charge in [-0.25, -0.2) is 0 Å². The van der Waals surface area contributed by atoms with Crippen molar-refractivity contribution in [1.82, 2.24) is 0 Å². The van der Waals surface area contributed by atoms with E-state index in [-0.39, 0.29) is 18.1 Å². The maximum atomic E-state index is 12.8. The van der Waals surface area contributed by atoms with E-state index in [1.165, 1.54) is 16.7 Å². The van der Waals surface area contributed by atoms with Gasteiger partial charge >= 0.3 is 5.97 Å². The second-order valence-corrected chi connectivity index (χ2v) is 6.79. The average molecular weight is 352 g/mol. The number of benzene rings is 2. The van der Waals surface area contributed by atoms with Gasteiger partial charge in [-0.2, -0.15) is 0 Å². The van der Waals surface area contributed by atoms with Gasteiger partial charge < -0.3 is 5.11 Å². The number of hydrogen-bond acceptors (Lipinski definition) is 2. The highest BCUT2D eigenvalue weighted by atomic mass is 16.4. The Morgan fingerprint density at radius 1 is 0.962 bits per heavy atom. The molecule has 2 aromatic carbocycles. The topological polar surface area (TPSA) is 54.4 Å². The second kappa shape index (κ2) is 7.86. The van der Waals surface area contributed by atoms with Gasteiger partial charge in [0.1, 0.15) is 0 Å². The standard InChI is InChI=1S/C21H22O3.C2H6/c1-11-9-17(14(4)13(3)12(11)2)20-15-7-5-6-8-16(15)21(24)18(20)10-19(22)23;1-2/h5-9,18,20H,10H2,1-4H3,(H,22,23);1-2H3. The summed E-state index contributed by atoms with van der Waals surface area (Å²) in [4.78, 5) is 24.2. The molecule has 0 amide bonds. The lowest BCUT2D eigenvalue weighted by Gasteiger charge is -2.23. The Labute approximate surface area is 156 Å². The first-order valence-corrected chi connectivity index (χ1v) is 9.25. The molecule has 2 unspecified atom stereocenters. The third-order valence-electron chi connectivity index (χ3n) is 5.55. The van der Waals surface area contributed by atoms with Gasteiger partial charge in [0.25, 0.3) is 0 Å². The molecule has 0 spiro atoms. The smallest absolute Gasteiger partial charge is 0.304 e. The molecule has 0 saturated heterocycles. The lowest BCUT2D eigenvalue weighted by Crippen LogP contribution is -2.20. The normalized spacial score (nSPS) is 18.2. The average Bonchev–Trinajstić information content (AvgIpc) is 2.90. The highest BCUT2D eigenvalue weighted by Crippen LogP contribution is 2.45. The minimum Gasteiger partial charge on any atom is -0.481 e. The van der Waals surface area contributed by atoms with Crippen LogP contribution in [0.15, 0.2) is 30.3 Å². The summed E-state index contributed by atoms with van der Waals surface area (Å²) >= 11 is 0. The van der Waals surface area contributed by atoms with Gasteiger partial charge in [-0.1, -0.05) is 44.2 Å². The fraction of sp³-hybridized carbons (Fsp3) is 0.391. The summed E-state index contributed by atoms with van der Waals surface area (Å²) in [7, 11) is 0. The summed E-state index contributed by atoms with van der Waals surface area (Å²) in [6, 6.07) is 9.67. The molecule has 1 aliphatic rings. The highest BCUT2D eigenvalue weighted by molar-refractivity contribution is 6.05. The molecule has 0 heterocycles. The Morgan fingerprint density at radius 2 is 1.58 bits per heavy atom. The van der Waals surface area contributed by atoms with Gasteiger partial charge in [-0.3, -0.25) is 9.59 Å². The zero-order valence-corrected chi connectivity index (χ0v) is 16.5. The molecule has 2 atom stereocenters. The number of ketones is 1. The van der Waals surface area contributed by atoms with E-state index in [0.29, 0.717) is 5.56 Å². The van der Waals surface area contributed by atoms with Gasteiger partial charge in [0.05, 0.1) is 6.42 Å². The van der Waals surface area contributed by atoms with E-state index in [2.05, 4.69) is 33.8 Å². The highest BCUT2D eigenvalue weighted by Gasteiger charge is 2.42. The van der Waals surface area contributed by atoms with Crippen LogP contribution < -0.4 is 0 Å². The van der Waals surface area contributed by atoms with Crippen LogP contribution in [0.2, 0.25) is 0 Å². The zero-order chi connectivity index (χ0) is 19.6. The zero-order valence-electron chi connectivity index (χ0n) is 16.5. The van der Waals surface area contributed by atoms with Crippen molar-refractivity contribution in [2.45, 2.75) is 53.9 Å². The van der Waals surface area contributed by atoms with E-state index >= 15 is 0 Å². The molecule has 3 nitrogen and oxygen atoms in total. The van der Waals surface area contributed by atoms with Crippen LogP contribution in [0.1, 0.15) is 69.9 Å². The molecule has 0 bridgehead atoms. The van der Waals surface area contributed by atoms with Gasteiger partial charge in [-0.05, 0) is 61.1 Å². The molecule has 3 rings (SSSR count). The van der Waals surface area contributed by atoms with Crippen molar-refractivity contribution in [2.75, 3.05) is 0 Å². The molecule has 3 heteroatoms. The Balaban J connectivity index is 0.00000117. The molecular formula is C23H28O3. The first-order chi connectivity index (χ1) is 12.3. The number of carboxylic acid groups (broad SMARTS) is 1. The van der Waals surface area contributed by atoms with Crippen LogP contribution in [0.5, 0.6) is 0 Å². The molecule has 0 aliphatic heterocycles. The molecule has 0 radical (unpaired) electrons. The third-order valence-corrected chi connectivity index (χ3v) is 5.55. The number of carbonyl (C=O) groups is 2. The molecule has 1 N–H and O–H groups in total. The van der Waals surface area contributed by atoms with Gasteiger partial charge in [0.2, 0.25) is 0 Å².